The lowest BCUT2D eigenvalue weighted by Gasteiger charge is -2.09. The monoisotopic (exact) mass is 663 g/mol. The Hall–Kier alpha value is -6.43. The van der Waals surface area contributed by atoms with Gasteiger partial charge in [0, 0.05) is 53.2 Å². The van der Waals surface area contributed by atoms with Crippen LogP contribution in [0.1, 0.15) is 8.22 Å². The first-order valence-corrected chi connectivity index (χ1v) is 16.9. The predicted octanol–water partition coefficient (Wildman–Crippen LogP) is 12.5. The molecule has 0 saturated carbocycles. The van der Waals surface area contributed by atoms with Crippen molar-refractivity contribution in [3.63, 3.8) is 0 Å². The highest BCUT2D eigenvalue weighted by Crippen LogP contribution is 2.41. The lowest BCUT2D eigenvalue weighted by atomic mass is 10.00. The Balaban J connectivity index is 1.22. The standard InChI is InChI=1S/C45H27N3OS/c1-3-11-28(12-4-1)30-15-9-16-32(25-30)44-46-43(29-13-5-2-6-14-29)47-45(48-44)33-21-23-35-37-19-10-18-34(42(37)49-39(35)27-33)31-22-24-41-38(26-31)36-17-7-8-20-40(36)50-41/h1-27H/i10D,18D,19D,21D,23D,27D. The van der Waals surface area contributed by atoms with Gasteiger partial charge in [0.05, 0.1) is 8.22 Å². The van der Waals surface area contributed by atoms with E-state index in [1.165, 1.54) is 0 Å². The van der Waals surface area contributed by atoms with Crippen LogP contribution in [0, 0.1) is 0 Å². The number of nitrogens with zero attached hydrogens (tertiary/aromatic N) is 3. The van der Waals surface area contributed by atoms with Gasteiger partial charge < -0.3 is 4.42 Å². The summed E-state index contributed by atoms with van der Waals surface area (Å²) in [6.07, 6.45) is 0. The summed E-state index contributed by atoms with van der Waals surface area (Å²) in [5, 5.41) is 2.23. The minimum absolute atomic E-state index is 0.0216. The van der Waals surface area contributed by atoms with Crippen LogP contribution < -0.4 is 0 Å². The van der Waals surface area contributed by atoms with Crippen LogP contribution in [0.3, 0.4) is 0 Å². The normalized spacial score (nSPS) is 13.3. The van der Waals surface area contributed by atoms with E-state index in [2.05, 4.69) is 6.07 Å². The fraction of sp³-hybridized carbons (Fsp3) is 0. The molecule has 0 bridgehead atoms. The predicted molar refractivity (Wildman–Crippen MR) is 207 cm³/mol. The number of thiophene rings is 1. The van der Waals surface area contributed by atoms with Crippen LogP contribution in [-0.4, -0.2) is 15.0 Å². The summed E-state index contributed by atoms with van der Waals surface area (Å²) in [5.41, 5.74) is 4.32. The van der Waals surface area contributed by atoms with Gasteiger partial charge in [-0.25, -0.2) is 15.0 Å². The summed E-state index contributed by atoms with van der Waals surface area (Å²) in [6.45, 7) is 0. The van der Waals surface area contributed by atoms with Gasteiger partial charge in [-0.1, -0.05) is 127 Å². The number of aromatic nitrogens is 3. The Kier molecular flexibility index (Phi) is 5.35. The maximum Gasteiger partial charge on any atom is 0.164 e. The first-order valence-electron chi connectivity index (χ1n) is 19.1. The van der Waals surface area contributed by atoms with Gasteiger partial charge in [-0.2, -0.15) is 0 Å². The molecule has 0 saturated heterocycles. The smallest absolute Gasteiger partial charge is 0.164 e. The van der Waals surface area contributed by atoms with Crippen LogP contribution in [0.25, 0.3) is 98.5 Å². The number of benzene rings is 7. The Labute approximate surface area is 300 Å². The molecule has 4 nitrogen and oxygen atoms in total. The number of hydrogen-bond acceptors (Lipinski definition) is 5. The molecule has 0 fully saturated rings. The van der Waals surface area contributed by atoms with Crippen molar-refractivity contribution in [2.75, 3.05) is 0 Å². The summed E-state index contributed by atoms with van der Waals surface area (Å²) in [6, 6.07) is 39.3. The zero-order valence-electron chi connectivity index (χ0n) is 32.3. The van der Waals surface area contributed by atoms with Crippen molar-refractivity contribution >= 4 is 53.4 Å². The lowest BCUT2D eigenvalue weighted by molar-refractivity contribution is 0.670. The molecule has 50 heavy (non-hydrogen) atoms. The van der Waals surface area contributed by atoms with E-state index in [-0.39, 0.29) is 75.1 Å². The zero-order chi connectivity index (χ0) is 38.2. The summed E-state index contributed by atoms with van der Waals surface area (Å²) in [7, 11) is 0. The van der Waals surface area contributed by atoms with Crippen molar-refractivity contribution in [2.24, 2.45) is 0 Å². The third-order valence-electron chi connectivity index (χ3n) is 8.85. The number of para-hydroxylation sites is 1. The first-order chi connectivity index (χ1) is 27.3. The van der Waals surface area contributed by atoms with Crippen molar-refractivity contribution in [1.82, 2.24) is 15.0 Å². The molecule has 0 aliphatic rings. The molecular weight excluding hydrogens is 631 g/mol. The Bertz CT molecular complexity index is 3220. The quantitative estimate of drug-likeness (QED) is 0.184. The van der Waals surface area contributed by atoms with Crippen molar-refractivity contribution in [2.45, 2.75) is 0 Å². The van der Waals surface area contributed by atoms with E-state index >= 15 is 0 Å². The van der Waals surface area contributed by atoms with E-state index in [1.807, 2.05) is 121 Å². The minimum atomic E-state index is -0.334. The fourth-order valence-corrected chi connectivity index (χ4v) is 7.50. The molecule has 0 aliphatic heterocycles. The largest absolute Gasteiger partial charge is 0.455 e. The molecular formula is C45H27N3OS. The second-order valence-corrected chi connectivity index (χ2v) is 13.0. The molecule has 0 amide bonds. The number of rotatable bonds is 5. The number of furan rings is 1. The molecule has 0 spiro atoms. The van der Waals surface area contributed by atoms with Gasteiger partial charge in [-0.05, 0) is 53.0 Å². The number of fused-ring (bicyclic) bond motifs is 6. The van der Waals surface area contributed by atoms with Gasteiger partial charge in [-0.3, -0.25) is 0 Å². The van der Waals surface area contributed by atoms with Gasteiger partial charge in [0.25, 0.3) is 0 Å². The Morgan fingerprint density at radius 3 is 1.98 bits per heavy atom. The molecule has 7 aromatic carbocycles. The highest BCUT2D eigenvalue weighted by Gasteiger charge is 2.17. The van der Waals surface area contributed by atoms with E-state index in [9.17, 15) is 4.11 Å². The molecule has 10 rings (SSSR count). The highest BCUT2D eigenvalue weighted by molar-refractivity contribution is 7.25. The second-order valence-electron chi connectivity index (χ2n) is 11.9. The number of hydrogen-bond donors (Lipinski definition) is 0. The highest BCUT2D eigenvalue weighted by atomic mass is 32.1. The van der Waals surface area contributed by atoms with E-state index in [0.717, 1.165) is 31.3 Å². The first kappa shape index (κ1) is 23.0. The van der Waals surface area contributed by atoms with Gasteiger partial charge >= 0.3 is 0 Å². The zero-order valence-corrected chi connectivity index (χ0v) is 27.1. The maximum atomic E-state index is 9.52. The van der Waals surface area contributed by atoms with Gasteiger partial charge in [0.1, 0.15) is 11.2 Å². The molecule has 0 atom stereocenters. The molecule has 3 aromatic heterocycles. The summed E-state index contributed by atoms with van der Waals surface area (Å²) < 4.78 is 63.7. The lowest BCUT2D eigenvalue weighted by Crippen LogP contribution is -2.00. The van der Waals surface area contributed by atoms with Gasteiger partial charge in [0.2, 0.25) is 0 Å². The molecule has 234 valence electrons. The van der Waals surface area contributed by atoms with Gasteiger partial charge in [-0.15, -0.1) is 11.3 Å². The average molecular weight is 664 g/mol. The molecule has 0 aliphatic carbocycles. The Morgan fingerprint density at radius 1 is 0.460 bits per heavy atom. The van der Waals surface area contributed by atoms with Crippen LogP contribution in [0.15, 0.2) is 168 Å². The molecule has 10 aromatic rings. The minimum Gasteiger partial charge on any atom is -0.455 e. The van der Waals surface area contributed by atoms with Crippen LogP contribution in [-0.2, 0) is 0 Å². The molecule has 3 heterocycles. The third kappa shape index (κ3) is 4.87. The third-order valence-corrected chi connectivity index (χ3v) is 10.00. The summed E-state index contributed by atoms with van der Waals surface area (Å²) in [5.74, 6) is 0.676. The van der Waals surface area contributed by atoms with E-state index in [4.69, 9.17) is 23.5 Å². The molecule has 0 unspecified atom stereocenters. The fourth-order valence-electron chi connectivity index (χ4n) is 6.41. The summed E-state index contributed by atoms with van der Waals surface area (Å²) in [4.78, 5) is 14.5. The SMILES string of the molecule is [2H]c1c([2H])c([2H])c2c(oc3c([2H])c(-c4nc(-c5ccccc5)nc(-c5cccc(-c6ccccc6)c5)n4)c([2H])c([2H])c32)c1-c1ccc2sc3ccccc3c2c1. The van der Waals surface area contributed by atoms with E-state index in [0.29, 0.717) is 28.3 Å². The average Bonchev–Trinajstić information content (AvgIpc) is 3.82. The van der Waals surface area contributed by atoms with Gasteiger partial charge in [0.15, 0.2) is 17.5 Å². The maximum absolute atomic E-state index is 9.52. The van der Waals surface area contributed by atoms with Crippen LogP contribution in [0.2, 0.25) is 0 Å². The van der Waals surface area contributed by atoms with Crippen LogP contribution in [0.4, 0.5) is 0 Å². The molecule has 0 radical (unpaired) electrons. The van der Waals surface area contributed by atoms with E-state index in [1.54, 1.807) is 11.3 Å². The topological polar surface area (TPSA) is 51.8 Å². The molecule has 0 N–H and O–H groups in total. The van der Waals surface area contributed by atoms with Crippen LogP contribution in [0.5, 0.6) is 0 Å². The van der Waals surface area contributed by atoms with Crippen LogP contribution >= 0.6 is 11.3 Å². The summed E-state index contributed by atoms with van der Waals surface area (Å²) >= 11 is 1.66. The van der Waals surface area contributed by atoms with Crippen molar-refractivity contribution in [1.29, 1.82) is 0 Å². The van der Waals surface area contributed by atoms with Crippen molar-refractivity contribution in [3.05, 3.63) is 164 Å². The van der Waals surface area contributed by atoms with Crippen molar-refractivity contribution < 1.29 is 12.6 Å². The van der Waals surface area contributed by atoms with Crippen molar-refractivity contribution in [3.8, 4) is 56.4 Å². The Morgan fingerprint density at radius 2 is 1.14 bits per heavy atom. The molecule has 5 heteroatoms. The van der Waals surface area contributed by atoms with E-state index < -0.39 is 0 Å². The second kappa shape index (κ2) is 11.6.